The normalized spacial score (nSPS) is 13.0. The van der Waals surface area contributed by atoms with Gasteiger partial charge in [0.05, 0.1) is 0 Å². The van der Waals surface area contributed by atoms with Gasteiger partial charge in [-0.15, -0.1) is 11.6 Å². The van der Waals surface area contributed by atoms with Crippen LogP contribution in [-0.2, 0) is 21.1 Å². The van der Waals surface area contributed by atoms with E-state index in [-0.39, 0.29) is 32.9 Å². The first-order valence-electron chi connectivity index (χ1n) is 7.03. The van der Waals surface area contributed by atoms with Gasteiger partial charge in [-0.1, -0.05) is 36.9 Å². The van der Waals surface area contributed by atoms with Gasteiger partial charge in [0.25, 0.3) is 11.8 Å². The van der Waals surface area contributed by atoms with Gasteiger partial charge in [0.1, 0.15) is 0 Å². The van der Waals surface area contributed by atoms with Crippen molar-refractivity contribution in [1.29, 1.82) is 0 Å². The predicted molar refractivity (Wildman–Crippen MR) is 80.5 cm³/mol. The molecule has 0 atom stereocenters. The van der Waals surface area contributed by atoms with Crippen molar-refractivity contribution in [3.8, 4) is 5.92 Å². The molecule has 22 heavy (non-hydrogen) atoms. The molecular formula is C18H14NO2Pt-. The number of hydrogen-bond acceptors (Lipinski definition) is 2. The van der Waals surface area contributed by atoms with Gasteiger partial charge < -0.3 is 6.42 Å². The van der Waals surface area contributed by atoms with Crippen LogP contribution in [0.5, 0.6) is 0 Å². The van der Waals surface area contributed by atoms with Gasteiger partial charge in [0.15, 0.2) is 0 Å². The molecule has 0 radical (unpaired) electrons. The Morgan fingerprint density at radius 1 is 1.09 bits per heavy atom. The smallest absolute Gasteiger partial charge is 0.261 e. The van der Waals surface area contributed by atoms with Gasteiger partial charge >= 0.3 is 0 Å². The third-order valence-corrected chi connectivity index (χ3v) is 3.86. The quantitative estimate of drug-likeness (QED) is 0.392. The van der Waals surface area contributed by atoms with Crippen LogP contribution in [0, 0.1) is 12.3 Å². The molecule has 0 spiro atoms. The molecule has 0 saturated carbocycles. The summed E-state index contributed by atoms with van der Waals surface area (Å²) in [5.41, 5.74) is 1.67. The number of hydrogen-bond donors (Lipinski definition) is 0. The third kappa shape index (κ3) is 2.38. The fourth-order valence-electron chi connectivity index (χ4n) is 2.77. The molecule has 1 heterocycles. The molecule has 0 aliphatic carbocycles. The van der Waals surface area contributed by atoms with E-state index in [9.17, 15) is 9.59 Å². The molecule has 0 N–H and O–H groups in total. The average Bonchev–Trinajstić information content (AvgIpc) is 2.52. The maximum absolute atomic E-state index is 12.6. The first-order chi connectivity index (χ1) is 10.2. The maximum Gasteiger partial charge on any atom is 0.261 e. The molecule has 3 rings (SSSR count). The zero-order chi connectivity index (χ0) is 15.0. The molecule has 2 amide bonds. The number of benzene rings is 2. The van der Waals surface area contributed by atoms with E-state index >= 15 is 0 Å². The Morgan fingerprint density at radius 2 is 1.77 bits per heavy atom. The van der Waals surface area contributed by atoms with Gasteiger partial charge in [-0.3, -0.25) is 20.4 Å². The number of rotatable bonds is 3. The Morgan fingerprint density at radius 3 is 2.41 bits per heavy atom. The molecule has 114 valence electrons. The van der Waals surface area contributed by atoms with Crippen molar-refractivity contribution in [2.45, 2.75) is 19.8 Å². The standard InChI is InChI=1S/C18H14NO2.Pt/c1-3-5-11-19-17(20)14-8-6-7-13-12(4-2)9-10-15(16(13)14)18(19)21;/h6-10H,3,5,11H2,1H3;/q-1;. The number of carbonyl (C=O) groups excluding carboxylic acids is 2. The second-order valence-electron chi connectivity index (χ2n) is 5.13. The Balaban J connectivity index is 0.00000176. The summed E-state index contributed by atoms with van der Waals surface area (Å²) in [6, 6.07) is 8.75. The molecule has 3 nitrogen and oxygen atoms in total. The molecule has 0 fully saturated rings. The van der Waals surface area contributed by atoms with Crippen molar-refractivity contribution in [3.63, 3.8) is 0 Å². The number of carbonyl (C=O) groups is 2. The molecule has 2 aromatic rings. The van der Waals surface area contributed by atoms with Crippen LogP contribution in [0.15, 0.2) is 30.3 Å². The summed E-state index contributed by atoms with van der Waals surface area (Å²) >= 11 is 0. The van der Waals surface area contributed by atoms with Crippen molar-refractivity contribution in [3.05, 3.63) is 53.4 Å². The van der Waals surface area contributed by atoms with E-state index in [1.165, 1.54) is 4.90 Å². The molecule has 0 aromatic heterocycles. The van der Waals surface area contributed by atoms with Gasteiger partial charge in [-0.25, -0.2) is 0 Å². The van der Waals surface area contributed by atoms with E-state index in [1.807, 2.05) is 13.0 Å². The molecule has 0 saturated heterocycles. The van der Waals surface area contributed by atoms with Crippen molar-refractivity contribution in [1.82, 2.24) is 4.90 Å². The van der Waals surface area contributed by atoms with Crippen LogP contribution in [0.4, 0.5) is 0 Å². The first kappa shape index (κ1) is 16.5. The summed E-state index contributed by atoms with van der Waals surface area (Å²) in [6.45, 7) is 2.47. The minimum atomic E-state index is -0.242. The molecule has 4 heteroatoms. The minimum Gasteiger partial charge on any atom is -0.366 e. The van der Waals surface area contributed by atoms with Gasteiger partial charge in [-0.2, -0.15) is 0 Å². The SMILES string of the molecule is [C-]#Cc1ccc2c3c(cccc13)C(=O)N(CCCC)C2=O.[Pt]. The number of imide groups is 1. The fraction of sp³-hybridized carbons (Fsp3) is 0.222. The Kier molecular flexibility index (Phi) is 4.83. The van der Waals surface area contributed by atoms with E-state index in [0.29, 0.717) is 28.6 Å². The third-order valence-electron chi connectivity index (χ3n) is 3.86. The average molecular weight is 471 g/mol. The second-order valence-corrected chi connectivity index (χ2v) is 5.13. The second kappa shape index (κ2) is 6.46. The summed E-state index contributed by atoms with van der Waals surface area (Å²) in [5, 5.41) is 1.38. The van der Waals surface area contributed by atoms with Crippen LogP contribution < -0.4 is 0 Å². The Hall–Kier alpha value is -1.91. The van der Waals surface area contributed by atoms with Crippen LogP contribution in [0.25, 0.3) is 10.8 Å². The molecule has 1 aliphatic heterocycles. The summed E-state index contributed by atoms with van der Waals surface area (Å²) in [4.78, 5) is 26.4. The summed E-state index contributed by atoms with van der Waals surface area (Å²) in [7, 11) is 0. The van der Waals surface area contributed by atoms with Crippen molar-refractivity contribution in [2.75, 3.05) is 6.54 Å². The van der Waals surface area contributed by atoms with E-state index in [4.69, 9.17) is 6.42 Å². The van der Waals surface area contributed by atoms with Gasteiger partial charge in [-0.05, 0) is 17.9 Å². The monoisotopic (exact) mass is 471 g/mol. The fourth-order valence-corrected chi connectivity index (χ4v) is 2.77. The van der Waals surface area contributed by atoms with E-state index in [2.05, 4.69) is 5.92 Å². The van der Waals surface area contributed by atoms with Crippen molar-refractivity contribution < 1.29 is 30.7 Å². The van der Waals surface area contributed by atoms with Crippen LogP contribution in [-0.4, -0.2) is 23.3 Å². The number of unbranched alkanes of at least 4 members (excludes halogenated alkanes) is 1. The zero-order valence-electron chi connectivity index (χ0n) is 12.1. The van der Waals surface area contributed by atoms with E-state index < -0.39 is 0 Å². The Labute approximate surface area is 143 Å². The largest absolute Gasteiger partial charge is 0.366 e. The zero-order valence-corrected chi connectivity index (χ0v) is 14.4. The number of nitrogens with zero attached hydrogens (tertiary/aromatic N) is 1. The topological polar surface area (TPSA) is 37.4 Å². The maximum atomic E-state index is 12.6. The first-order valence-corrected chi connectivity index (χ1v) is 7.03. The van der Waals surface area contributed by atoms with Crippen LogP contribution in [0.1, 0.15) is 46.0 Å². The molecule has 1 aliphatic rings. The van der Waals surface area contributed by atoms with Crippen LogP contribution >= 0.6 is 0 Å². The Bertz CT molecular complexity index is 782. The van der Waals surface area contributed by atoms with E-state index in [0.717, 1.165) is 18.2 Å². The minimum absolute atomic E-state index is 0. The van der Waals surface area contributed by atoms with Gasteiger partial charge in [0, 0.05) is 38.7 Å². The molecule has 0 bridgehead atoms. The van der Waals surface area contributed by atoms with Crippen LogP contribution in [0.3, 0.4) is 0 Å². The van der Waals surface area contributed by atoms with Crippen molar-refractivity contribution >= 4 is 22.6 Å². The molecule has 0 unspecified atom stereocenters. The summed E-state index contributed by atoms with van der Waals surface area (Å²) in [5.74, 6) is 1.88. The summed E-state index contributed by atoms with van der Waals surface area (Å²) < 4.78 is 0. The van der Waals surface area contributed by atoms with Gasteiger partial charge in [0.2, 0.25) is 0 Å². The molecular weight excluding hydrogens is 457 g/mol. The summed E-state index contributed by atoms with van der Waals surface area (Å²) in [6.07, 6.45) is 9.07. The molecule has 2 aromatic carbocycles. The van der Waals surface area contributed by atoms with Crippen LogP contribution in [0.2, 0.25) is 0 Å². The number of amides is 2. The van der Waals surface area contributed by atoms with Crippen molar-refractivity contribution in [2.24, 2.45) is 0 Å². The predicted octanol–water partition coefficient (Wildman–Crippen LogP) is 3.17. The van der Waals surface area contributed by atoms with E-state index in [1.54, 1.807) is 24.3 Å².